The number of carbonyl (C=O) groups excluding carboxylic acids is 1. The van der Waals surface area contributed by atoms with E-state index in [2.05, 4.69) is 51.1 Å². The molecule has 2 heterocycles. The minimum Gasteiger partial charge on any atom is -0.308 e. The molecule has 0 N–H and O–H groups in total. The molecule has 132 valence electrons. The summed E-state index contributed by atoms with van der Waals surface area (Å²) in [7, 11) is 0. The van der Waals surface area contributed by atoms with Crippen molar-refractivity contribution in [3.63, 3.8) is 0 Å². The van der Waals surface area contributed by atoms with Gasteiger partial charge in [-0.15, -0.1) is 0 Å². The van der Waals surface area contributed by atoms with Crippen LogP contribution in [0.25, 0.3) is 10.9 Å². The maximum atomic E-state index is 12.9. The fourth-order valence-corrected chi connectivity index (χ4v) is 4.52. The molecule has 1 atom stereocenters. The van der Waals surface area contributed by atoms with E-state index in [1.165, 1.54) is 22.9 Å². The van der Waals surface area contributed by atoms with Crippen LogP contribution in [-0.2, 0) is 11.2 Å². The molecular weight excluding hydrogens is 340 g/mol. The molecule has 0 aliphatic carbocycles. The Morgan fingerprint density at radius 1 is 1.19 bits per heavy atom. The van der Waals surface area contributed by atoms with Gasteiger partial charge in [0.05, 0.1) is 11.3 Å². The van der Waals surface area contributed by atoms with Crippen LogP contribution in [0.15, 0.2) is 53.6 Å². The molecule has 26 heavy (non-hydrogen) atoms. The van der Waals surface area contributed by atoms with Crippen LogP contribution < -0.4 is 4.90 Å². The summed E-state index contributed by atoms with van der Waals surface area (Å²) < 4.78 is 0. The number of fused-ring (bicyclic) bond motifs is 2. The predicted octanol–water partition coefficient (Wildman–Crippen LogP) is 4.92. The first-order chi connectivity index (χ1) is 12.5. The number of pyridine rings is 1. The second kappa shape index (κ2) is 6.76. The first-order valence-electron chi connectivity index (χ1n) is 8.93. The molecule has 4 rings (SSSR count). The molecule has 0 saturated carbocycles. The number of thioether (sulfide) groups is 1. The molecule has 0 spiro atoms. The molecule has 1 aromatic heterocycles. The second-order valence-corrected chi connectivity index (χ2v) is 8.00. The molecule has 1 aliphatic heterocycles. The van der Waals surface area contributed by atoms with Gasteiger partial charge in [-0.3, -0.25) is 4.79 Å². The van der Waals surface area contributed by atoms with Crippen molar-refractivity contribution in [3.05, 3.63) is 65.2 Å². The summed E-state index contributed by atoms with van der Waals surface area (Å²) in [6.45, 7) is 6.27. The topological polar surface area (TPSA) is 33.2 Å². The van der Waals surface area contributed by atoms with Crippen LogP contribution >= 0.6 is 11.8 Å². The summed E-state index contributed by atoms with van der Waals surface area (Å²) in [5.74, 6) is 0.557. The van der Waals surface area contributed by atoms with Crippen LogP contribution in [0.2, 0.25) is 0 Å². The van der Waals surface area contributed by atoms with Crippen molar-refractivity contribution in [1.82, 2.24) is 4.98 Å². The average Bonchev–Trinajstić information content (AvgIpc) is 2.95. The van der Waals surface area contributed by atoms with E-state index < -0.39 is 0 Å². The third-order valence-corrected chi connectivity index (χ3v) is 6.00. The summed E-state index contributed by atoms with van der Waals surface area (Å²) in [6.07, 6.45) is 0.930. The molecule has 0 fully saturated rings. The zero-order chi connectivity index (χ0) is 18.3. The molecule has 0 radical (unpaired) electrons. The van der Waals surface area contributed by atoms with E-state index in [1.807, 2.05) is 23.1 Å². The van der Waals surface area contributed by atoms with Crippen LogP contribution in [-0.4, -0.2) is 22.7 Å². The lowest BCUT2D eigenvalue weighted by atomic mass is 10.1. The molecular formula is C22H22N2OS. The van der Waals surface area contributed by atoms with E-state index in [0.717, 1.165) is 33.6 Å². The number of carbonyl (C=O) groups is 1. The Hall–Kier alpha value is -2.33. The normalized spacial score (nSPS) is 16.1. The molecule has 2 aromatic carbocycles. The van der Waals surface area contributed by atoms with Crippen LogP contribution in [0, 0.1) is 13.8 Å². The lowest BCUT2D eigenvalue weighted by Gasteiger charge is -2.22. The SMILES string of the molecule is Cc1ccc2nc(SCC(=O)N3c4ccccc4C[C@@H]3C)c(C)cc2c1. The van der Waals surface area contributed by atoms with Crippen molar-refractivity contribution in [1.29, 1.82) is 0 Å². The van der Waals surface area contributed by atoms with Crippen LogP contribution in [0.3, 0.4) is 0 Å². The number of aromatic nitrogens is 1. The van der Waals surface area contributed by atoms with Gasteiger partial charge in [0.15, 0.2) is 0 Å². The Morgan fingerprint density at radius 2 is 2.00 bits per heavy atom. The third-order valence-electron chi connectivity index (χ3n) is 4.92. The number of benzene rings is 2. The van der Waals surface area contributed by atoms with E-state index in [4.69, 9.17) is 4.98 Å². The van der Waals surface area contributed by atoms with Gasteiger partial charge in [0.2, 0.25) is 5.91 Å². The number of para-hydroxylation sites is 1. The van der Waals surface area contributed by atoms with E-state index >= 15 is 0 Å². The minimum absolute atomic E-state index is 0.151. The maximum Gasteiger partial charge on any atom is 0.237 e. The van der Waals surface area contributed by atoms with Gasteiger partial charge in [-0.1, -0.05) is 41.6 Å². The quantitative estimate of drug-likeness (QED) is 0.620. The monoisotopic (exact) mass is 362 g/mol. The number of nitrogens with zero attached hydrogens (tertiary/aromatic N) is 2. The molecule has 1 amide bonds. The van der Waals surface area contributed by atoms with Gasteiger partial charge in [-0.05, 0) is 62.6 Å². The Morgan fingerprint density at radius 3 is 2.85 bits per heavy atom. The summed E-state index contributed by atoms with van der Waals surface area (Å²) in [6, 6.07) is 16.9. The molecule has 1 aliphatic rings. The number of anilines is 1. The molecule has 0 unspecified atom stereocenters. The highest BCUT2D eigenvalue weighted by atomic mass is 32.2. The number of rotatable bonds is 3. The Bertz CT molecular complexity index is 999. The van der Waals surface area contributed by atoms with Crippen molar-refractivity contribution in [2.45, 2.75) is 38.3 Å². The lowest BCUT2D eigenvalue weighted by Crippen LogP contribution is -2.37. The van der Waals surface area contributed by atoms with Crippen molar-refractivity contribution >= 4 is 34.3 Å². The van der Waals surface area contributed by atoms with Crippen molar-refractivity contribution in [2.75, 3.05) is 10.7 Å². The van der Waals surface area contributed by atoms with Gasteiger partial charge in [-0.25, -0.2) is 4.98 Å². The smallest absolute Gasteiger partial charge is 0.237 e. The van der Waals surface area contributed by atoms with E-state index in [0.29, 0.717) is 5.75 Å². The number of aryl methyl sites for hydroxylation is 2. The van der Waals surface area contributed by atoms with Gasteiger partial charge < -0.3 is 4.90 Å². The molecule has 3 aromatic rings. The van der Waals surface area contributed by atoms with Gasteiger partial charge in [0.25, 0.3) is 0 Å². The largest absolute Gasteiger partial charge is 0.308 e. The van der Waals surface area contributed by atoms with Crippen molar-refractivity contribution < 1.29 is 4.79 Å². The standard InChI is InChI=1S/C22H22N2OS/c1-14-8-9-19-18(10-14)11-15(2)22(23-19)26-13-21(25)24-16(3)12-17-6-4-5-7-20(17)24/h4-11,16H,12-13H2,1-3H3/t16-/m0/s1. The maximum absolute atomic E-state index is 12.9. The molecule has 0 bridgehead atoms. The Kier molecular flexibility index (Phi) is 4.45. The average molecular weight is 362 g/mol. The first-order valence-corrected chi connectivity index (χ1v) is 9.92. The predicted molar refractivity (Wildman–Crippen MR) is 109 cm³/mol. The Balaban J connectivity index is 1.54. The van der Waals surface area contributed by atoms with Crippen molar-refractivity contribution in [3.8, 4) is 0 Å². The number of hydrogen-bond donors (Lipinski definition) is 0. The van der Waals surface area contributed by atoms with E-state index in [9.17, 15) is 4.79 Å². The highest BCUT2D eigenvalue weighted by Gasteiger charge is 2.30. The summed E-state index contributed by atoms with van der Waals surface area (Å²) >= 11 is 1.54. The second-order valence-electron chi connectivity index (χ2n) is 7.04. The number of amides is 1. The highest BCUT2D eigenvalue weighted by molar-refractivity contribution is 8.00. The van der Waals surface area contributed by atoms with Crippen LogP contribution in [0.1, 0.15) is 23.6 Å². The summed E-state index contributed by atoms with van der Waals surface area (Å²) in [5, 5.41) is 2.09. The van der Waals surface area contributed by atoms with Gasteiger partial charge in [-0.2, -0.15) is 0 Å². The molecule has 3 nitrogen and oxygen atoms in total. The van der Waals surface area contributed by atoms with E-state index in [1.54, 1.807) is 0 Å². The van der Waals surface area contributed by atoms with Crippen LogP contribution in [0.4, 0.5) is 5.69 Å². The zero-order valence-corrected chi connectivity index (χ0v) is 16.1. The van der Waals surface area contributed by atoms with Crippen molar-refractivity contribution in [2.24, 2.45) is 0 Å². The van der Waals surface area contributed by atoms with Gasteiger partial charge >= 0.3 is 0 Å². The first kappa shape index (κ1) is 17.1. The highest BCUT2D eigenvalue weighted by Crippen LogP contribution is 2.33. The number of hydrogen-bond acceptors (Lipinski definition) is 3. The third kappa shape index (κ3) is 3.10. The van der Waals surface area contributed by atoms with Crippen LogP contribution in [0.5, 0.6) is 0 Å². The Labute approximate surface area is 158 Å². The fourth-order valence-electron chi connectivity index (χ4n) is 3.68. The molecule has 4 heteroatoms. The van der Waals surface area contributed by atoms with Gasteiger partial charge in [0.1, 0.15) is 5.03 Å². The molecule has 0 saturated heterocycles. The van der Waals surface area contributed by atoms with Gasteiger partial charge in [0, 0.05) is 17.1 Å². The summed E-state index contributed by atoms with van der Waals surface area (Å²) in [5.41, 5.74) is 5.65. The van der Waals surface area contributed by atoms with E-state index in [-0.39, 0.29) is 11.9 Å². The minimum atomic E-state index is 0.151. The fraction of sp³-hybridized carbons (Fsp3) is 0.273. The lowest BCUT2D eigenvalue weighted by molar-refractivity contribution is -0.116. The summed E-state index contributed by atoms with van der Waals surface area (Å²) in [4.78, 5) is 19.6. The zero-order valence-electron chi connectivity index (χ0n) is 15.3.